The first-order valence-electron chi connectivity index (χ1n) is 5.96. The van der Waals surface area contributed by atoms with Gasteiger partial charge in [-0.05, 0) is 29.3 Å². The van der Waals surface area contributed by atoms with Crippen LogP contribution >= 0.6 is 15.9 Å². The van der Waals surface area contributed by atoms with E-state index >= 15 is 0 Å². The van der Waals surface area contributed by atoms with Crippen LogP contribution in [-0.2, 0) is 13.1 Å². The molecule has 0 unspecified atom stereocenters. The van der Waals surface area contributed by atoms with Gasteiger partial charge in [-0.2, -0.15) is 0 Å². The second kappa shape index (κ2) is 4.78. The molecule has 1 aliphatic heterocycles. The van der Waals surface area contributed by atoms with Gasteiger partial charge >= 0.3 is 0 Å². The number of nitrogens with zero attached hydrogens (tertiary/aromatic N) is 1. The maximum absolute atomic E-state index is 13.8. The largest absolute Gasteiger partial charge is 0.330 e. The summed E-state index contributed by atoms with van der Waals surface area (Å²) in [7, 11) is 0. The fourth-order valence-electron chi connectivity index (χ4n) is 2.31. The quantitative estimate of drug-likeness (QED) is 0.784. The summed E-state index contributed by atoms with van der Waals surface area (Å²) in [5.74, 6) is -0.753. The Morgan fingerprint density at radius 2 is 1.74 bits per heavy atom. The maximum Gasteiger partial charge on any atom is 0.257 e. The molecule has 1 aliphatic rings. The van der Waals surface area contributed by atoms with Crippen molar-refractivity contribution in [1.82, 2.24) is 4.90 Å². The highest BCUT2D eigenvalue weighted by atomic mass is 79.9. The molecule has 0 saturated carbocycles. The average molecular weight is 320 g/mol. The summed E-state index contributed by atoms with van der Waals surface area (Å²) in [6.07, 6.45) is 0. The van der Waals surface area contributed by atoms with E-state index in [-0.39, 0.29) is 11.5 Å². The topological polar surface area (TPSA) is 20.3 Å². The lowest BCUT2D eigenvalue weighted by atomic mass is 10.1. The molecule has 0 bridgehead atoms. The molecule has 0 atom stereocenters. The van der Waals surface area contributed by atoms with Crippen LogP contribution in [0, 0.1) is 5.82 Å². The number of hydrogen-bond acceptors (Lipinski definition) is 1. The van der Waals surface area contributed by atoms with E-state index in [1.54, 1.807) is 11.0 Å². The van der Waals surface area contributed by atoms with Gasteiger partial charge in [0.1, 0.15) is 5.82 Å². The van der Waals surface area contributed by atoms with Crippen LogP contribution in [0.4, 0.5) is 4.39 Å². The van der Waals surface area contributed by atoms with E-state index in [0.717, 1.165) is 11.1 Å². The van der Waals surface area contributed by atoms with Crippen LogP contribution in [0.5, 0.6) is 0 Å². The minimum Gasteiger partial charge on any atom is -0.330 e. The number of rotatable bonds is 1. The third-order valence-electron chi connectivity index (χ3n) is 3.29. The summed E-state index contributed by atoms with van der Waals surface area (Å²) in [6, 6.07) is 12.4. The van der Waals surface area contributed by atoms with E-state index in [1.165, 1.54) is 12.1 Å². The molecule has 4 heteroatoms. The molecular weight excluding hydrogens is 309 g/mol. The van der Waals surface area contributed by atoms with Gasteiger partial charge in [-0.15, -0.1) is 0 Å². The second-order valence-electron chi connectivity index (χ2n) is 4.55. The number of carbonyl (C=O) groups excluding carboxylic acids is 1. The van der Waals surface area contributed by atoms with Crippen molar-refractivity contribution in [2.75, 3.05) is 0 Å². The fourth-order valence-corrected chi connectivity index (χ4v) is 2.64. The van der Waals surface area contributed by atoms with Crippen LogP contribution in [0.3, 0.4) is 0 Å². The highest BCUT2D eigenvalue weighted by Crippen LogP contribution is 2.25. The summed E-state index contributed by atoms with van der Waals surface area (Å²) in [4.78, 5) is 14.0. The molecule has 0 aromatic heterocycles. The number of amides is 1. The molecule has 3 rings (SSSR count). The van der Waals surface area contributed by atoms with Gasteiger partial charge in [-0.25, -0.2) is 4.39 Å². The van der Waals surface area contributed by atoms with Crippen molar-refractivity contribution in [2.45, 2.75) is 13.1 Å². The van der Waals surface area contributed by atoms with E-state index in [0.29, 0.717) is 17.6 Å². The van der Waals surface area contributed by atoms with Crippen molar-refractivity contribution < 1.29 is 9.18 Å². The van der Waals surface area contributed by atoms with E-state index in [1.807, 2.05) is 24.3 Å². The highest BCUT2D eigenvalue weighted by molar-refractivity contribution is 9.10. The second-order valence-corrected chi connectivity index (χ2v) is 5.47. The van der Waals surface area contributed by atoms with Gasteiger partial charge in [0, 0.05) is 17.6 Å². The summed E-state index contributed by atoms with van der Waals surface area (Å²) >= 11 is 3.19. The highest BCUT2D eigenvalue weighted by Gasteiger charge is 2.25. The number of hydrogen-bond donors (Lipinski definition) is 0. The Kier molecular flexibility index (Phi) is 3.11. The molecule has 0 spiro atoms. The van der Waals surface area contributed by atoms with Gasteiger partial charge in [-0.1, -0.05) is 40.2 Å². The smallest absolute Gasteiger partial charge is 0.257 e. The normalized spacial score (nSPS) is 13.5. The summed E-state index contributed by atoms with van der Waals surface area (Å²) in [6.45, 7) is 1.09. The predicted molar refractivity (Wildman–Crippen MR) is 74.1 cm³/mol. The third-order valence-corrected chi connectivity index (χ3v) is 3.78. The Balaban J connectivity index is 1.87. The minimum atomic E-state index is -0.490. The van der Waals surface area contributed by atoms with Crippen molar-refractivity contribution in [3.05, 3.63) is 69.4 Å². The molecule has 19 heavy (non-hydrogen) atoms. The summed E-state index contributed by atoms with van der Waals surface area (Å²) in [5, 5.41) is 0. The molecule has 0 aliphatic carbocycles. The van der Waals surface area contributed by atoms with E-state index in [2.05, 4.69) is 15.9 Å². The number of carbonyl (C=O) groups is 1. The Hall–Kier alpha value is -1.68. The van der Waals surface area contributed by atoms with Crippen LogP contribution in [0.2, 0.25) is 0 Å². The van der Waals surface area contributed by atoms with Crippen molar-refractivity contribution in [3.8, 4) is 0 Å². The minimum absolute atomic E-state index is 0.121. The zero-order valence-corrected chi connectivity index (χ0v) is 11.7. The van der Waals surface area contributed by atoms with Gasteiger partial charge in [0.15, 0.2) is 0 Å². The van der Waals surface area contributed by atoms with Crippen molar-refractivity contribution in [1.29, 1.82) is 0 Å². The Labute approximate surface area is 119 Å². The lowest BCUT2D eigenvalue weighted by Crippen LogP contribution is -2.26. The van der Waals surface area contributed by atoms with Crippen molar-refractivity contribution in [3.63, 3.8) is 0 Å². The number of halogens is 2. The number of benzene rings is 2. The Morgan fingerprint density at radius 3 is 2.32 bits per heavy atom. The van der Waals surface area contributed by atoms with E-state index < -0.39 is 5.82 Å². The first kappa shape index (κ1) is 12.4. The molecule has 0 saturated heterocycles. The zero-order chi connectivity index (χ0) is 13.4. The predicted octanol–water partition coefficient (Wildman–Crippen LogP) is 3.74. The van der Waals surface area contributed by atoms with Crippen LogP contribution in [0.25, 0.3) is 0 Å². The monoisotopic (exact) mass is 319 g/mol. The van der Waals surface area contributed by atoms with E-state index in [4.69, 9.17) is 0 Å². The van der Waals surface area contributed by atoms with Crippen LogP contribution in [0.15, 0.2) is 46.9 Å². The first-order chi connectivity index (χ1) is 9.15. The molecule has 1 amide bonds. The van der Waals surface area contributed by atoms with Crippen LogP contribution in [-0.4, -0.2) is 10.8 Å². The van der Waals surface area contributed by atoms with E-state index in [9.17, 15) is 9.18 Å². The van der Waals surface area contributed by atoms with Gasteiger partial charge in [0.2, 0.25) is 0 Å². The average Bonchev–Trinajstić information content (AvgIpc) is 2.81. The van der Waals surface area contributed by atoms with Gasteiger partial charge < -0.3 is 4.90 Å². The Morgan fingerprint density at radius 1 is 1.11 bits per heavy atom. The maximum atomic E-state index is 13.8. The molecule has 2 nitrogen and oxygen atoms in total. The molecule has 0 N–H and O–H groups in total. The summed E-state index contributed by atoms with van der Waals surface area (Å²) < 4.78 is 14.4. The van der Waals surface area contributed by atoms with Gasteiger partial charge in [-0.3, -0.25) is 4.79 Å². The molecule has 96 valence electrons. The van der Waals surface area contributed by atoms with Gasteiger partial charge in [0.05, 0.1) is 5.56 Å². The standard InChI is InChI=1S/C15H11BrFNO/c16-12-5-6-13(14(17)7-12)15(19)18-8-10-3-1-2-4-11(10)9-18/h1-7H,8-9H2. The van der Waals surface area contributed by atoms with Crippen LogP contribution in [0.1, 0.15) is 21.5 Å². The lowest BCUT2D eigenvalue weighted by Gasteiger charge is -2.15. The molecule has 1 heterocycles. The van der Waals surface area contributed by atoms with Crippen molar-refractivity contribution >= 4 is 21.8 Å². The fraction of sp³-hybridized carbons (Fsp3) is 0.133. The SMILES string of the molecule is O=C(c1ccc(Br)cc1F)N1Cc2ccccc2C1. The molecule has 0 radical (unpaired) electrons. The third kappa shape index (κ3) is 2.28. The van der Waals surface area contributed by atoms with Crippen molar-refractivity contribution in [2.24, 2.45) is 0 Å². The molecule has 0 fully saturated rings. The zero-order valence-electron chi connectivity index (χ0n) is 10.1. The summed E-state index contributed by atoms with van der Waals surface area (Å²) in [5.41, 5.74) is 2.39. The van der Waals surface area contributed by atoms with Gasteiger partial charge in [0.25, 0.3) is 5.91 Å². The Bertz CT molecular complexity index is 631. The molecule has 2 aromatic rings. The lowest BCUT2D eigenvalue weighted by molar-refractivity contribution is 0.0746. The number of fused-ring (bicyclic) bond motifs is 1. The van der Waals surface area contributed by atoms with Crippen LogP contribution < -0.4 is 0 Å². The molecular formula is C15H11BrFNO. The molecule has 2 aromatic carbocycles. The first-order valence-corrected chi connectivity index (χ1v) is 6.75.